The third-order valence-corrected chi connectivity index (χ3v) is 7.98. The average Bonchev–Trinajstić information content (AvgIpc) is 3.28. The van der Waals surface area contributed by atoms with Crippen LogP contribution in [-0.4, -0.2) is 41.5 Å². The number of nitrogens with one attached hydrogen (secondary N) is 1. The second-order valence-corrected chi connectivity index (χ2v) is 10.0. The van der Waals surface area contributed by atoms with Crippen molar-refractivity contribution in [2.24, 2.45) is 17.8 Å². The van der Waals surface area contributed by atoms with E-state index in [0.717, 1.165) is 34.5 Å². The maximum absolute atomic E-state index is 13.2. The summed E-state index contributed by atoms with van der Waals surface area (Å²) in [5.74, 6) is 0.643. The summed E-state index contributed by atoms with van der Waals surface area (Å²) in [6, 6.07) is 9.38. The molecule has 1 saturated carbocycles. The number of nitrogens with zero attached hydrogens (tertiary/aromatic N) is 3. The topological polar surface area (TPSA) is 84.4 Å². The molecule has 3 aliphatic rings. The molecule has 10 heteroatoms. The number of hydrogen-bond donors (Lipinski definition) is 1. The van der Waals surface area contributed by atoms with Crippen molar-refractivity contribution in [2.45, 2.75) is 25.9 Å². The number of amides is 2. The first kappa shape index (κ1) is 24.5. The minimum absolute atomic E-state index is 0.0676. The van der Waals surface area contributed by atoms with Crippen molar-refractivity contribution in [2.75, 3.05) is 30.0 Å². The van der Waals surface area contributed by atoms with Gasteiger partial charge in [-0.3, -0.25) is 19.5 Å². The number of aromatic nitrogens is 2. The minimum atomic E-state index is -4.64. The molecule has 2 amide bonds. The lowest BCUT2D eigenvalue weighted by Crippen LogP contribution is -2.57. The average molecular weight is 523 g/mol. The molecule has 4 heterocycles. The van der Waals surface area contributed by atoms with E-state index >= 15 is 0 Å². The van der Waals surface area contributed by atoms with E-state index in [1.165, 1.54) is 6.07 Å². The fourth-order valence-electron chi connectivity index (χ4n) is 6.10. The maximum Gasteiger partial charge on any atom is 0.433 e. The molecule has 1 N–H and O–H groups in total. The van der Waals surface area contributed by atoms with Crippen molar-refractivity contribution in [1.82, 2.24) is 9.97 Å². The van der Waals surface area contributed by atoms with E-state index < -0.39 is 17.8 Å². The van der Waals surface area contributed by atoms with Crippen molar-refractivity contribution in [1.29, 1.82) is 0 Å². The highest BCUT2D eigenvalue weighted by atomic mass is 19.4. The Labute approximate surface area is 217 Å². The minimum Gasteiger partial charge on any atom is -0.381 e. The lowest BCUT2D eigenvalue weighted by Gasteiger charge is -2.52. The lowest BCUT2D eigenvalue weighted by molar-refractivity contribution is -0.141. The van der Waals surface area contributed by atoms with Crippen LogP contribution in [0.5, 0.6) is 0 Å². The first-order chi connectivity index (χ1) is 18.2. The summed E-state index contributed by atoms with van der Waals surface area (Å²) in [6.45, 7) is 5.66. The van der Waals surface area contributed by atoms with Crippen molar-refractivity contribution in [3.8, 4) is 11.1 Å². The number of carbonyl (C=O) groups excluding carboxylic acids is 2. The molecule has 0 radical (unpaired) electrons. The Hall–Kier alpha value is -3.79. The fraction of sp³-hybridized carbons (Fsp3) is 0.357. The van der Waals surface area contributed by atoms with Crippen LogP contribution < -0.4 is 10.2 Å². The monoisotopic (exact) mass is 522 g/mol. The van der Waals surface area contributed by atoms with Gasteiger partial charge in [0, 0.05) is 53.2 Å². The number of alkyl halides is 3. The summed E-state index contributed by atoms with van der Waals surface area (Å²) < 4.78 is 44.8. The summed E-state index contributed by atoms with van der Waals surface area (Å²) in [7, 11) is 0. The highest BCUT2D eigenvalue weighted by Crippen LogP contribution is 2.60. The zero-order valence-corrected chi connectivity index (χ0v) is 20.7. The lowest BCUT2D eigenvalue weighted by atomic mass is 9.54. The molecule has 196 valence electrons. The highest BCUT2D eigenvalue weighted by molar-refractivity contribution is 6.04. The fourth-order valence-corrected chi connectivity index (χ4v) is 6.10. The van der Waals surface area contributed by atoms with Crippen LogP contribution in [0.3, 0.4) is 0 Å². The number of carbonyl (C=O) groups is 2. The van der Waals surface area contributed by atoms with Crippen LogP contribution in [0.15, 0.2) is 48.8 Å². The van der Waals surface area contributed by atoms with Crippen molar-refractivity contribution < 1.29 is 27.5 Å². The van der Waals surface area contributed by atoms with Gasteiger partial charge in [-0.05, 0) is 61.2 Å². The van der Waals surface area contributed by atoms with Crippen LogP contribution in [0.2, 0.25) is 0 Å². The van der Waals surface area contributed by atoms with E-state index in [1.807, 2.05) is 19.9 Å². The van der Waals surface area contributed by atoms with Gasteiger partial charge in [0.1, 0.15) is 11.5 Å². The molecule has 4 atom stereocenters. The molecule has 0 bridgehead atoms. The largest absolute Gasteiger partial charge is 0.433 e. The molecule has 1 unspecified atom stereocenters. The van der Waals surface area contributed by atoms with Crippen LogP contribution in [0.1, 0.15) is 40.0 Å². The van der Waals surface area contributed by atoms with Gasteiger partial charge < -0.3 is 10.1 Å². The molecule has 2 aromatic heterocycles. The Morgan fingerprint density at radius 1 is 1.11 bits per heavy atom. The number of pyridine rings is 2. The van der Waals surface area contributed by atoms with Crippen molar-refractivity contribution in [3.05, 3.63) is 71.2 Å². The molecule has 1 saturated heterocycles. The smallest absolute Gasteiger partial charge is 0.381 e. The Kier molecular flexibility index (Phi) is 5.75. The van der Waals surface area contributed by atoms with Crippen LogP contribution in [-0.2, 0) is 15.7 Å². The molecule has 1 aliphatic carbocycles. The number of anilines is 2. The van der Waals surface area contributed by atoms with Gasteiger partial charge in [0.25, 0.3) is 5.91 Å². The number of benzene rings is 1. The van der Waals surface area contributed by atoms with Gasteiger partial charge in [0.15, 0.2) is 0 Å². The predicted octanol–water partition coefficient (Wildman–Crippen LogP) is 5.07. The van der Waals surface area contributed by atoms with Crippen LogP contribution >= 0.6 is 0 Å². The van der Waals surface area contributed by atoms with E-state index in [2.05, 4.69) is 16.4 Å². The summed E-state index contributed by atoms with van der Waals surface area (Å²) in [4.78, 5) is 35.7. The van der Waals surface area contributed by atoms with E-state index in [9.17, 15) is 22.8 Å². The molecule has 38 heavy (non-hydrogen) atoms. The Balaban J connectivity index is 1.32. The van der Waals surface area contributed by atoms with E-state index in [4.69, 9.17) is 9.72 Å². The summed E-state index contributed by atoms with van der Waals surface area (Å²) in [5, 5.41) is 2.69. The highest BCUT2D eigenvalue weighted by Gasteiger charge is 2.60. The van der Waals surface area contributed by atoms with E-state index in [0.29, 0.717) is 37.2 Å². The quantitative estimate of drug-likeness (QED) is 0.518. The van der Waals surface area contributed by atoms with E-state index in [1.54, 1.807) is 23.2 Å². The summed E-state index contributed by atoms with van der Waals surface area (Å²) in [5.41, 5.74) is 2.82. The van der Waals surface area contributed by atoms with E-state index in [-0.39, 0.29) is 29.2 Å². The number of ether oxygens (including phenoxy) is 1. The van der Waals surface area contributed by atoms with Gasteiger partial charge in [-0.1, -0.05) is 6.07 Å². The van der Waals surface area contributed by atoms with Crippen LogP contribution in [0, 0.1) is 24.7 Å². The SMILES string of the molecule is CCN1C(=O)C2[C@H]3COC[C@H]3[C@@H]2c2cc(-c3cc(NC(=O)c4ccnc(C(F)(F)F)c4)ccc3C)cnc21. The second kappa shape index (κ2) is 8.90. The molecular formula is C28H25F3N4O3. The maximum atomic E-state index is 13.2. The molecular weight excluding hydrogens is 497 g/mol. The molecule has 2 fully saturated rings. The van der Waals surface area contributed by atoms with Crippen LogP contribution in [0.25, 0.3) is 11.1 Å². The van der Waals surface area contributed by atoms with Gasteiger partial charge in [-0.2, -0.15) is 13.2 Å². The molecule has 2 aliphatic heterocycles. The Morgan fingerprint density at radius 2 is 1.87 bits per heavy atom. The number of fused-ring (bicyclic) bond motifs is 6. The molecule has 7 nitrogen and oxygen atoms in total. The van der Waals surface area contributed by atoms with Gasteiger partial charge in [0.2, 0.25) is 5.91 Å². The van der Waals surface area contributed by atoms with Gasteiger partial charge >= 0.3 is 6.18 Å². The normalized spacial score (nSPS) is 23.8. The molecule has 0 spiro atoms. The summed E-state index contributed by atoms with van der Waals surface area (Å²) in [6.07, 6.45) is -1.95. The summed E-state index contributed by atoms with van der Waals surface area (Å²) >= 11 is 0. The third-order valence-electron chi connectivity index (χ3n) is 7.98. The van der Waals surface area contributed by atoms with Crippen molar-refractivity contribution >= 4 is 23.3 Å². The number of aryl methyl sites for hydroxylation is 1. The third kappa shape index (κ3) is 3.86. The zero-order chi connectivity index (χ0) is 26.8. The number of hydrogen-bond acceptors (Lipinski definition) is 5. The Bertz CT molecular complexity index is 1460. The second-order valence-electron chi connectivity index (χ2n) is 10.0. The van der Waals surface area contributed by atoms with Crippen molar-refractivity contribution in [3.63, 3.8) is 0 Å². The standard InChI is InChI=1S/C28H25F3N4O3/c1-3-35-25-19(23-20-12-38-13-21(20)24(23)27(35)37)8-16(11-33-25)18-10-17(5-4-14(18)2)34-26(36)15-6-7-32-22(9-15)28(29,30)31/h4-11,20-21,23-24H,3,12-13H2,1-2H3,(H,34,36)/t20-,21+,23+,24?/m1/s1. The van der Waals surface area contributed by atoms with Gasteiger partial charge in [0.05, 0.1) is 19.1 Å². The molecule has 3 aromatic rings. The zero-order valence-electron chi connectivity index (χ0n) is 20.7. The Morgan fingerprint density at radius 3 is 2.61 bits per heavy atom. The first-order valence-corrected chi connectivity index (χ1v) is 12.5. The van der Waals surface area contributed by atoms with Crippen LogP contribution in [0.4, 0.5) is 24.7 Å². The first-order valence-electron chi connectivity index (χ1n) is 12.5. The van der Waals surface area contributed by atoms with Gasteiger partial charge in [-0.25, -0.2) is 4.98 Å². The molecule has 6 rings (SSSR count). The van der Waals surface area contributed by atoms with Gasteiger partial charge in [-0.15, -0.1) is 0 Å². The number of rotatable bonds is 4. The number of halogens is 3. The molecule has 1 aromatic carbocycles. The predicted molar refractivity (Wildman–Crippen MR) is 134 cm³/mol.